The zero-order chi connectivity index (χ0) is 18.9. The van der Waals surface area contributed by atoms with Crippen LogP contribution in [0.3, 0.4) is 0 Å². The van der Waals surface area contributed by atoms with Gasteiger partial charge in [0.25, 0.3) is 0 Å². The molecule has 0 aliphatic carbocycles. The molecule has 0 rings (SSSR count). The lowest BCUT2D eigenvalue weighted by molar-refractivity contribution is -0.141. The van der Waals surface area contributed by atoms with Crippen LogP contribution in [0.25, 0.3) is 0 Å². The summed E-state index contributed by atoms with van der Waals surface area (Å²) in [6.45, 7) is 2.19. The molecule has 3 amide bonds. The van der Waals surface area contributed by atoms with Crippen molar-refractivity contribution in [3.63, 3.8) is 0 Å². The molecule has 0 aliphatic rings. The third-order valence-corrected chi connectivity index (χ3v) is 2.97. The molecular formula is C13H22N4O7. The minimum atomic E-state index is -1.24. The van der Waals surface area contributed by atoms with Gasteiger partial charge in [-0.15, -0.1) is 0 Å². The number of hydrogen-bond donors (Lipinski definition) is 6. The lowest BCUT2D eigenvalue weighted by Gasteiger charge is -2.21. The standard InChI is InChI=1S/C13H22N4O7/c1-6(11(21)16-7(2)13(23)24)15-12(22)8(3-4-10(19)20)17-9(18)5-14/h6-8H,3-5,14H2,1-2H3,(H,15,22)(H,16,21)(H,17,18)(H,19,20)(H,23,24). The van der Waals surface area contributed by atoms with E-state index in [2.05, 4.69) is 16.0 Å². The Morgan fingerprint density at radius 3 is 1.92 bits per heavy atom. The fraction of sp³-hybridized carbons (Fsp3) is 0.615. The first kappa shape index (κ1) is 21.3. The van der Waals surface area contributed by atoms with E-state index in [4.69, 9.17) is 15.9 Å². The number of carbonyl (C=O) groups is 5. The lowest BCUT2D eigenvalue weighted by Crippen LogP contribution is -2.54. The predicted molar refractivity (Wildman–Crippen MR) is 80.7 cm³/mol. The highest BCUT2D eigenvalue weighted by Crippen LogP contribution is 1.99. The Kier molecular flexibility index (Phi) is 9.02. The third-order valence-electron chi connectivity index (χ3n) is 2.97. The Labute approximate surface area is 138 Å². The number of carbonyl (C=O) groups excluding carboxylic acids is 3. The summed E-state index contributed by atoms with van der Waals surface area (Å²) in [7, 11) is 0. The predicted octanol–water partition coefficient (Wildman–Crippen LogP) is -2.61. The molecule has 0 aromatic carbocycles. The summed E-state index contributed by atoms with van der Waals surface area (Å²) in [5.41, 5.74) is 5.13. The molecule has 0 heterocycles. The summed E-state index contributed by atoms with van der Waals surface area (Å²) in [6.07, 6.45) is -0.563. The summed E-state index contributed by atoms with van der Waals surface area (Å²) in [5, 5.41) is 24.1. The van der Waals surface area contributed by atoms with Crippen LogP contribution in [0.2, 0.25) is 0 Å². The second-order valence-corrected chi connectivity index (χ2v) is 5.06. The molecule has 0 saturated heterocycles. The Morgan fingerprint density at radius 2 is 1.46 bits per heavy atom. The SMILES string of the molecule is CC(NC(=O)C(C)NC(=O)C(CCC(=O)O)NC(=O)CN)C(=O)O. The molecular weight excluding hydrogens is 324 g/mol. The van der Waals surface area contributed by atoms with Crippen molar-refractivity contribution in [1.29, 1.82) is 0 Å². The Morgan fingerprint density at radius 1 is 0.917 bits per heavy atom. The highest BCUT2D eigenvalue weighted by Gasteiger charge is 2.26. The maximum atomic E-state index is 12.1. The number of nitrogens with two attached hydrogens (primary N) is 1. The molecule has 0 aromatic rings. The van der Waals surface area contributed by atoms with E-state index in [9.17, 15) is 24.0 Å². The Bertz CT molecular complexity index is 509. The molecule has 0 aliphatic heterocycles. The lowest BCUT2D eigenvalue weighted by atomic mass is 10.1. The van der Waals surface area contributed by atoms with E-state index >= 15 is 0 Å². The molecule has 0 spiro atoms. The summed E-state index contributed by atoms with van der Waals surface area (Å²) in [6, 6.07) is -3.40. The van der Waals surface area contributed by atoms with Crippen LogP contribution in [0, 0.1) is 0 Å². The molecule has 0 saturated carbocycles. The van der Waals surface area contributed by atoms with Crippen molar-refractivity contribution in [2.24, 2.45) is 5.73 Å². The number of carboxylic acids is 2. The van der Waals surface area contributed by atoms with Gasteiger partial charge in [0, 0.05) is 6.42 Å². The van der Waals surface area contributed by atoms with Gasteiger partial charge < -0.3 is 31.9 Å². The van der Waals surface area contributed by atoms with E-state index in [1.54, 1.807) is 0 Å². The molecule has 0 aromatic heterocycles. The molecule has 0 bridgehead atoms. The van der Waals surface area contributed by atoms with Gasteiger partial charge in [-0.25, -0.2) is 0 Å². The zero-order valence-corrected chi connectivity index (χ0v) is 13.4. The minimum absolute atomic E-state index is 0.188. The molecule has 7 N–H and O–H groups in total. The number of amides is 3. The normalized spacial score (nSPS) is 14.0. The number of aliphatic carboxylic acids is 2. The summed E-state index contributed by atoms with van der Waals surface area (Å²) in [5.74, 6) is -4.56. The van der Waals surface area contributed by atoms with Crippen molar-refractivity contribution in [1.82, 2.24) is 16.0 Å². The van der Waals surface area contributed by atoms with Crippen LogP contribution in [0.1, 0.15) is 26.7 Å². The molecule has 11 nitrogen and oxygen atoms in total. The van der Waals surface area contributed by atoms with Crippen LogP contribution in [-0.4, -0.2) is 64.5 Å². The second-order valence-electron chi connectivity index (χ2n) is 5.06. The largest absolute Gasteiger partial charge is 0.481 e. The van der Waals surface area contributed by atoms with Crippen molar-refractivity contribution in [3.8, 4) is 0 Å². The van der Waals surface area contributed by atoms with Crippen molar-refractivity contribution in [2.45, 2.75) is 44.8 Å². The fourth-order valence-electron chi connectivity index (χ4n) is 1.57. The smallest absolute Gasteiger partial charge is 0.325 e. The number of rotatable bonds is 10. The summed E-state index contributed by atoms with van der Waals surface area (Å²) in [4.78, 5) is 56.4. The summed E-state index contributed by atoms with van der Waals surface area (Å²) >= 11 is 0. The van der Waals surface area contributed by atoms with E-state index in [-0.39, 0.29) is 19.4 Å². The fourth-order valence-corrected chi connectivity index (χ4v) is 1.57. The van der Waals surface area contributed by atoms with Gasteiger partial charge in [-0.3, -0.25) is 24.0 Å². The van der Waals surface area contributed by atoms with E-state index in [1.165, 1.54) is 13.8 Å². The maximum absolute atomic E-state index is 12.1. The molecule has 3 unspecified atom stereocenters. The summed E-state index contributed by atoms with van der Waals surface area (Å²) < 4.78 is 0. The quantitative estimate of drug-likeness (QED) is 0.248. The van der Waals surface area contributed by atoms with Gasteiger partial charge in [-0.2, -0.15) is 0 Å². The van der Waals surface area contributed by atoms with Crippen LogP contribution in [0.5, 0.6) is 0 Å². The van der Waals surface area contributed by atoms with Crippen LogP contribution in [0.15, 0.2) is 0 Å². The second kappa shape index (κ2) is 10.2. The van der Waals surface area contributed by atoms with Crippen molar-refractivity contribution in [3.05, 3.63) is 0 Å². The topological polar surface area (TPSA) is 188 Å². The molecule has 136 valence electrons. The highest BCUT2D eigenvalue weighted by atomic mass is 16.4. The third kappa shape index (κ3) is 8.08. The molecule has 3 atom stereocenters. The average Bonchev–Trinajstić information content (AvgIpc) is 2.50. The number of hydrogen-bond acceptors (Lipinski definition) is 6. The first-order chi connectivity index (χ1) is 11.1. The van der Waals surface area contributed by atoms with Gasteiger partial charge in [0.1, 0.15) is 18.1 Å². The van der Waals surface area contributed by atoms with E-state index in [0.29, 0.717) is 0 Å². The van der Waals surface area contributed by atoms with Crippen LogP contribution < -0.4 is 21.7 Å². The number of nitrogens with one attached hydrogen (secondary N) is 3. The zero-order valence-electron chi connectivity index (χ0n) is 13.4. The maximum Gasteiger partial charge on any atom is 0.325 e. The Balaban J connectivity index is 4.76. The van der Waals surface area contributed by atoms with Gasteiger partial charge in [0.2, 0.25) is 17.7 Å². The molecule has 0 radical (unpaired) electrons. The van der Waals surface area contributed by atoms with E-state index < -0.39 is 47.8 Å². The molecule has 24 heavy (non-hydrogen) atoms. The van der Waals surface area contributed by atoms with Crippen LogP contribution >= 0.6 is 0 Å². The highest BCUT2D eigenvalue weighted by molar-refractivity contribution is 5.93. The van der Waals surface area contributed by atoms with Gasteiger partial charge in [0.15, 0.2) is 0 Å². The van der Waals surface area contributed by atoms with Crippen LogP contribution in [-0.2, 0) is 24.0 Å². The first-order valence-corrected chi connectivity index (χ1v) is 7.13. The Hall–Kier alpha value is -2.69. The molecule has 11 heteroatoms. The van der Waals surface area contributed by atoms with E-state index in [0.717, 1.165) is 0 Å². The van der Waals surface area contributed by atoms with E-state index in [1.807, 2.05) is 0 Å². The van der Waals surface area contributed by atoms with Crippen LogP contribution in [0.4, 0.5) is 0 Å². The van der Waals surface area contributed by atoms with Crippen molar-refractivity contribution in [2.75, 3.05) is 6.54 Å². The monoisotopic (exact) mass is 346 g/mol. The van der Waals surface area contributed by atoms with Gasteiger partial charge >= 0.3 is 11.9 Å². The average molecular weight is 346 g/mol. The van der Waals surface area contributed by atoms with Crippen molar-refractivity contribution < 1.29 is 34.2 Å². The van der Waals surface area contributed by atoms with Gasteiger partial charge in [-0.05, 0) is 20.3 Å². The molecule has 0 fully saturated rings. The minimum Gasteiger partial charge on any atom is -0.481 e. The van der Waals surface area contributed by atoms with Gasteiger partial charge in [-0.1, -0.05) is 0 Å². The number of carboxylic acid groups (broad SMARTS) is 2. The van der Waals surface area contributed by atoms with Gasteiger partial charge in [0.05, 0.1) is 6.54 Å². The first-order valence-electron chi connectivity index (χ1n) is 7.13. The van der Waals surface area contributed by atoms with Crippen molar-refractivity contribution >= 4 is 29.7 Å².